The number of para-hydroxylation sites is 1. The minimum Gasteiger partial charge on any atom is -0.462 e. The number of hydrogen-bond acceptors (Lipinski definition) is 5. The third-order valence-corrected chi connectivity index (χ3v) is 4.57. The molecule has 0 saturated carbocycles. The lowest BCUT2D eigenvalue weighted by molar-refractivity contribution is -0.707. The number of hydrogen-bond donors (Lipinski definition) is 0. The summed E-state index contributed by atoms with van der Waals surface area (Å²) in [6.07, 6.45) is 2.11. The molecule has 0 bridgehead atoms. The van der Waals surface area contributed by atoms with Gasteiger partial charge in [-0.2, -0.15) is 0 Å². The number of methoxy groups -OCH3 is 3. The van der Waals surface area contributed by atoms with Crippen molar-refractivity contribution in [1.29, 1.82) is 0 Å². The summed E-state index contributed by atoms with van der Waals surface area (Å²) in [7, 11) is 4.94. The topological polar surface area (TPSA) is 50.0 Å². The van der Waals surface area contributed by atoms with Crippen molar-refractivity contribution in [1.82, 2.24) is 0 Å². The van der Waals surface area contributed by atoms with E-state index in [9.17, 15) is 0 Å². The number of aromatic nitrogens is 1. The lowest BCUT2D eigenvalue weighted by atomic mass is 9.98. The van der Waals surface area contributed by atoms with Gasteiger partial charge in [0.15, 0.2) is 18.9 Å². The average Bonchev–Trinajstić information content (AvgIpc) is 2.69. The van der Waals surface area contributed by atoms with Crippen LogP contribution in [0.1, 0.15) is 0 Å². The zero-order valence-corrected chi connectivity index (χ0v) is 15.4. The second kappa shape index (κ2) is 9.09. The molecule has 1 aromatic carbocycles. The summed E-state index contributed by atoms with van der Waals surface area (Å²) in [5.41, 5.74) is 0. The second-order valence-electron chi connectivity index (χ2n) is 6.15. The highest BCUT2D eigenvalue weighted by Crippen LogP contribution is 2.29. The standard InChI is InChI=1S/C20H26NO5/c1-22-17-16(14-21-12-8-5-9-13-21)26-20(19(24-3)18(17)23-2)25-15-10-6-4-7-11-15/h4-13,16-20H,14H2,1-3H3/q+1/t16-,17-,18+,19-,20-/m1/s1. The molecule has 140 valence electrons. The fourth-order valence-electron chi connectivity index (χ4n) is 3.32. The van der Waals surface area contributed by atoms with Gasteiger partial charge >= 0.3 is 0 Å². The van der Waals surface area contributed by atoms with Crippen molar-refractivity contribution in [3.63, 3.8) is 0 Å². The molecule has 1 saturated heterocycles. The Hall–Kier alpha value is -1.99. The number of ether oxygens (including phenoxy) is 5. The van der Waals surface area contributed by atoms with Crippen LogP contribution in [0.3, 0.4) is 0 Å². The van der Waals surface area contributed by atoms with Gasteiger partial charge in [0.1, 0.15) is 30.2 Å². The summed E-state index contributed by atoms with van der Waals surface area (Å²) in [6, 6.07) is 15.5. The Morgan fingerprint density at radius 2 is 1.42 bits per heavy atom. The smallest absolute Gasteiger partial charge is 0.229 e. The summed E-state index contributed by atoms with van der Waals surface area (Å²) >= 11 is 0. The van der Waals surface area contributed by atoms with Crippen molar-refractivity contribution in [3.8, 4) is 5.75 Å². The van der Waals surface area contributed by atoms with E-state index in [1.165, 1.54) is 0 Å². The molecular weight excluding hydrogens is 334 g/mol. The fraction of sp³-hybridized carbons (Fsp3) is 0.450. The highest BCUT2D eigenvalue weighted by atomic mass is 16.7. The first-order chi connectivity index (χ1) is 12.8. The molecule has 6 nitrogen and oxygen atoms in total. The van der Waals surface area contributed by atoms with E-state index in [-0.39, 0.29) is 18.3 Å². The summed E-state index contributed by atoms with van der Waals surface area (Å²) in [4.78, 5) is 0. The first-order valence-electron chi connectivity index (χ1n) is 8.66. The Kier molecular flexibility index (Phi) is 6.57. The average molecular weight is 360 g/mol. The summed E-state index contributed by atoms with van der Waals surface area (Å²) in [5.74, 6) is 0.719. The first-order valence-corrected chi connectivity index (χ1v) is 8.66. The molecule has 2 aromatic rings. The van der Waals surface area contributed by atoms with E-state index in [0.717, 1.165) is 5.75 Å². The SMILES string of the molecule is CO[C@@H]1[C@@H](OC)[C@H](Oc2ccccc2)O[C@H](C[n+]2ccccc2)[C@H]1OC. The maximum absolute atomic E-state index is 6.26. The molecule has 1 fully saturated rings. The van der Waals surface area contributed by atoms with Crippen molar-refractivity contribution in [2.75, 3.05) is 21.3 Å². The van der Waals surface area contributed by atoms with Gasteiger partial charge in [-0.05, 0) is 12.1 Å². The Morgan fingerprint density at radius 1 is 0.808 bits per heavy atom. The van der Waals surface area contributed by atoms with E-state index >= 15 is 0 Å². The van der Waals surface area contributed by atoms with Crippen LogP contribution in [0.2, 0.25) is 0 Å². The van der Waals surface area contributed by atoms with E-state index in [1.807, 2.05) is 60.9 Å². The van der Waals surface area contributed by atoms with Crippen LogP contribution in [0.5, 0.6) is 5.75 Å². The maximum Gasteiger partial charge on any atom is 0.229 e. The molecular formula is C20H26NO5+. The zero-order valence-electron chi connectivity index (χ0n) is 15.4. The van der Waals surface area contributed by atoms with E-state index in [0.29, 0.717) is 6.54 Å². The Bertz CT molecular complexity index is 598. The third-order valence-electron chi connectivity index (χ3n) is 4.57. The van der Waals surface area contributed by atoms with Gasteiger partial charge in [0.05, 0.1) is 0 Å². The Morgan fingerprint density at radius 3 is 2.04 bits per heavy atom. The molecule has 0 unspecified atom stereocenters. The molecule has 5 atom stereocenters. The minimum absolute atomic E-state index is 0.252. The number of benzene rings is 1. The van der Waals surface area contributed by atoms with Gasteiger partial charge in [0.25, 0.3) is 0 Å². The van der Waals surface area contributed by atoms with Crippen LogP contribution in [0.4, 0.5) is 0 Å². The molecule has 6 heteroatoms. The molecule has 0 N–H and O–H groups in total. The molecule has 2 heterocycles. The van der Waals surface area contributed by atoms with Crippen LogP contribution in [0, 0.1) is 0 Å². The summed E-state index contributed by atoms with van der Waals surface area (Å²) in [5, 5.41) is 0. The minimum atomic E-state index is -0.604. The molecule has 0 spiro atoms. The van der Waals surface area contributed by atoms with Crippen LogP contribution < -0.4 is 9.30 Å². The monoisotopic (exact) mass is 360 g/mol. The fourth-order valence-corrected chi connectivity index (χ4v) is 3.32. The number of nitrogens with zero attached hydrogens (tertiary/aromatic N) is 1. The predicted octanol–water partition coefficient (Wildman–Crippen LogP) is 1.82. The highest BCUT2D eigenvalue weighted by Gasteiger charge is 2.49. The quantitative estimate of drug-likeness (QED) is 0.705. The van der Waals surface area contributed by atoms with Gasteiger partial charge < -0.3 is 23.7 Å². The van der Waals surface area contributed by atoms with Gasteiger partial charge in [-0.15, -0.1) is 0 Å². The van der Waals surface area contributed by atoms with E-state index in [4.69, 9.17) is 23.7 Å². The lowest BCUT2D eigenvalue weighted by Crippen LogP contribution is -2.63. The molecule has 0 aliphatic carbocycles. The van der Waals surface area contributed by atoms with Gasteiger partial charge in [-0.1, -0.05) is 24.3 Å². The lowest BCUT2D eigenvalue weighted by Gasteiger charge is -2.43. The Labute approximate surface area is 154 Å². The van der Waals surface area contributed by atoms with Crippen molar-refractivity contribution in [2.24, 2.45) is 0 Å². The van der Waals surface area contributed by atoms with Gasteiger partial charge in [-0.25, -0.2) is 4.57 Å². The highest BCUT2D eigenvalue weighted by molar-refractivity contribution is 5.21. The molecule has 26 heavy (non-hydrogen) atoms. The van der Waals surface area contributed by atoms with E-state index in [1.54, 1.807) is 21.3 Å². The van der Waals surface area contributed by atoms with Crippen molar-refractivity contribution >= 4 is 0 Å². The van der Waals surface area contributed by atoms with Gasteiger partial charge in [0.2, 0.25) is 6.29 Å². The summed E-state index contributed by atoms with van der Waals surface area (Å²) < 4.78 is 31.4. The van der Waals surface area contributed by atoms with Crippen LogP contribution in [0.15, 0.2) is 60.9 Å². The second-order valence-corrected chi connectivity index (χ2v) is 6.15. The third kappa shape index (κ3) is 4.22. The Balaban J connectivity index is 1.83. The number of pyridine rings is 1. The predicted molar refractivity (Wildman–Crippen MR) is 94.8 cm³/mol. The molecule has 1 aromatic heterocycles. The maximum atomic E-state index is 6.26. The van der Waals surface area contributed by atoms with Crippen LogP contribution in [0.25, 0.3) is 0 Å². The van der Waals surface area contributed by atoms with Crippen LogP contribution in [-0.4, -0.2) is 52.0 Å². The van der Waals surface area contributed by atoms with E-state index in [2.05, 4.69) is 4.57 Å². The summed E-state index contributed by atoms with van der Waals surface area (Å²) in [6.45, 7) is 0.615. The van der Waals surface area contributed by atoms with E-state index < -0.39 is 12.4 Å². The number of rotatable bonds is 7. The molecule has 0 amide bonds. The molecule has 0 radical (unpaired) electrons. The van der Waals surface area contributed by atoms with Crippen molar-refractivity contribution in [2.45, 2.75) is 37.3 Å². The van der Waals surface area contributed by atoms with Crippen molar-refractivity contribution < 1.29 is 28.3 Å². The molecule has 1 aliphatic rings. The van der Waals surface area contributed by atoms with Crippen LogP contribution >= 0.6 is 0 Å². The largest absolute Gasteiger partial charge is 0.462 e. The van der Waals surface area contributed by atoms with Gasteiger partial charge in [-0.3, -0.25) is 0 Å². The zero-order chi connectivity index (χ0) is 18.4. The molecule has 1 aliphatic heterocycles. The van der Waals surface area contributed by atoms with Crippen LogP contribution in [-0.2, 0) is 25.5 Å². The van der Waals surface area contributed by atoms with Crippen molar-refractivity contribution in [3.05, 3.63) is 60.9 Å². The normalized spacial score (nSPS) is 28.7. The molecule has 3 rings (SSSR count). The van der Waals surface area contributed by atoms with Gasteiger partial charge in [0, 0.05) is 33.5 Å². The first kappa shape index (κ1) is 18.8.